The highest BCUT2D eigenvalue weighted by atomic mass is 32.1. The van der Waals surface area contributed by atoms with Crippen LogP contribution in [0.25, 0.3) is 110 Å². The van der Waals surface area contributed by atoms with E-state index in [1.807, 2.05) is 53.8 Å². The van der Waals surface area contributed by atoms with Gasteiger partial charge in [-0.3, -0.25) is 0 Å². The van der Waals surface area contributed by atoms with Gasteiger partial charge in [-0.15, -0.1) is 11.3 Å². The van der Waals surface area contributed by atoms with Gasteiger partial charge in [0.15, 0.2) is 17.5 Å². The summed E-state index contributed by atoms with van der Waals surface area (Å²) in [5, 5.41) is 4.80. The fourth-order valence-electron chi connectivity index (χ4n) is 7.90. The quantitative estimate of drug-likeness (QED) is 0.171. The van der Waals surface area contributed by atoms with Gasteiger partial charge in [0.1, 0.15) is 11.2 Å². The van der Waals surface area contributed by atoms with Crippen LogP contribution in [-0.2, 0) is 0 Å². The van der Waals surface area contributed by atoms with Gasteiger partial charge in [-0.05, 0) is 58.1 Å². The van der Waals surface area contributed by atoms with E-state index in [-0.39, 0.29) is 0 Å². The average Bonchev–Trinajstić information content (AvgIpc) is 3.86. The van der Waals surface area contributed by atoms with Crippen LogP contribution in [0.1, 0.15) is 0 Å². The Morgan fingerprint density at radius 2 is 0.875 bits per heavy atom. The van der Waals surface area contributed by atoms with E-state index in [1.54, 1.807) is 0 Å². The Labute approximate surface area is 327 Å². The van der Waals surface area contributed by atoms with Gasteiger partial charge in [-0.1, -0.05) is 158 Å². The maximum absolute atomic E-state index is 6.74. The van der Waals surface area contributed by atoms with Crippen molar-refractivity contribution in [3.8, 4) is 67.5 Å². The number of rotatable bonds is 6. The van der Waals surface area contributed by atoms with Gasteiger partial charge in [0.25, 0.3) is 0 Å². The van der Waals surface area contributed by atoms with Crippen molar-refractivity contribution < 1.29 is 4.42 Å². The summed E-state index contributed by atoms with van der Waals surface area (Å²) in [6.07, 6.45) is 0. The standard InChI is InChI=1S/C51H31N3OS/c1-3-13-32(14-4-1)36-17-11-18-37(31-36)51-53-49(34-15-5-2-6-16-34)52-50(54-51)35-27-25-33(26-28-35)38-29-30-40(47-41-19-7-9-22-43(41)55-48(38)47)39-21-12-24-45-46(39)42-20-8-10-23-44(42)56-45/h1-31H. The van der Waals surface area contributed by atoms with Crippen molar-refractivity contribution in [3.63, 3.8) is 0 Å². The van der Waals surface area contributed by atoms with E-state index in [1.165, 1.54) is 31.3 Å². The normalized spacial score (nSPS) is 11.6. The first-order valence-corrected chi connectivity index (χ1v) is 19.5. The number of para-hydroxylation sites is 1. The third-order valence-corrected chi connectivity index (χ3v) is 11.7. The molecule has 3 aromatic heterocycles. The van der Waals surface area contributed by atoms with Crippen molar-refractivity contribution in [2.24, 2.45) is 0 Å². The SMILES string of the molecule is c1ccc(-c2cccc(-c3nc(-c4ccccc4)nc(-c4ccc(-c5ccc(-c6cccc7sc8ccccc8c67)c6c5oc5ccccc56)cc4)n3)c2)cc1. The third kappa shape index (κ3) is 5.48. The van der Waals surface area contributed by atoms with Gasteiger partial charge < -0.3 is 4.42 Å². The summed E-state index contributed by atoms with van der Waals surface area (Å²) in [6.45, 7) is 0. The molecule has 0 bridgehead atoms. The zero-order valence-corrected chi connectivity index (χ0v) is 30.9. The highest BCUT2D eigenvalue weighted by Gasteiger charge is 2.20. The monoisotopic (exact) mass is 733 g/mol. The second kappa shape index (κ2) is 13.3. The van der Waals surface area contributed by atoms with Gasteiger partial charge in [0.2, 0.25) is 0 Å². The molecule has 0 aliphatic heterocycles. The average molecular weight is 734 g/mol. The summed E-state index contributed by atoms with van der Waals surface area (Å²) in [4.78, 5) is 15.1. The maximum Gasteiger partial charge on any atom is 0.164 e. The predicted octanol–water partition coefficient (Wildman–Crippen LogP) is 14.1. The van der Waals surface area contributed by atoms with Crippen LogP contribution in [0.15, 0.2) is 192 Å². The molecule has 0 unspecified atom stereocenters. The Bertz CT molecular complexity index is 3240. The van der Waals surface area contributed by atoms with E-state index in [9.17, 15) is 0 Å². The maximum atomic E-state index is 6.74. The predicted molar refractivity (Wildman–Crippen MR) is 233 cm³/mol. The minimum atomic E-state index is 0.617. The zero-order valence-electron chi connectivity index (χ0n) is 30.1. The number of nitrogens with zero attached hydrogens (tertiary/aromatic N) is 3. The Balaban J connectivity index is 1.04. The van der Waals surface area contributed by atoms with E-state index in [0.29, 0.717) is 17.5 Å². The molecule has 3 heterocycles. The van der Waals surface area contributed by atoms with Crippen LogP contribution >= 0.6 is 11.3 Å². The van der Waals surface area contributed by atoms with Crippen LogP contribution in [0.3, 0.4) is 0 Å². The van der Waals surface area contributed by atoms with Crippen LogP contribution < -0.4 is 0 Å². The van der Waals surface area contributed by atoms with Gasteiger partial charge in [0, 0.05) is 53.2 Å². The first kappa shape index (κ1) is 32.2. The van der Waals surface area contributed by atoms with Crippen molar-refractivity contribution in [2.45, 2.75) is 0 Å². The number of benzene rings is 8. The molecule has 0 amide bonds. The Kier molecular flexibility index (Phi) is 7.64. The summed E-state index contributed by atoms with van der Waals surface area (Å²) in [5.41, 5.74) is 11.2. The molecular weight excluding hydrogens is 703 g/mol. The fourth-order valence-corrected chi connectivity index (χ4v) is 9.03. The van der Waals surface area contributed by atoms with Crippen LogP contribution in [0.5, 0.6) is 0 Å². The molecule has 11 rings (SSSR count). The molecule has 0 radical (unpaired) electrons. The summed E-state index contributed by atoms with van der Waals surface area (Å²) >= 11 is 1.84. The van der Waals surface area contributed by atoms with E-state index in [2.05, 4.69) is 146 Å². The molecule has 0 spiro atoms. The van der Waals surface area contributed by atoms with Gasteiger partial charge in [-0.25, -0.2) is 15.0 Å². The lowest BCUT2D eigenvalue weighted by Gasteiger charge is -2.11. The van der Waals surface area contributed by atoms with Crippen LogP contribution in [0, 0.1) is 0 Å². The third-order valence-electron chi connectivity index (χ3n) is 10.6. The molecule has 4 nitrogen and oxygen atoms in total. The topological polar surface area (TPSA) is 51.8 Å². The van der Waals surface area contributed by atoms with Gasteiger partial charge in [-0.2, -0.15) is 0 Å². The molecule has 0 fully saturated rings. The minimum Gasteiger partial charge on any atom is -0.455 e. The molecule has 56 heavy (non-hydrogen) atoms. The molecular formula is C51H31N3OS. The van der Waals surface area contributed by atoms with E-state index in [0.717, 1.165) is 60.9 Å². The number of fused-ring (bicyclic) bond motifs is 6. The lowest BCUT2D eigenvalue weighted by atomic mass is 9.92. The molecule has 0 saturated heterocycles. The second-order valence-electron chi connectivity index (χ2n) is 13.9. The number of hydrogen-bond acceptors (Lipinski definition) is 5. The van der Waals surface area contributed by atoms with Crippen molar-refractivity contribution >= 4 is 53.4 Å². The minimum absolute atomic E-state index is 0.617. The lowest BCUT2D eigenvalue weighted by Crippen LogP contribution is -2.00. The highest BCUT2D eigenvalue weighted by molar-refractivity contribution is 7.25. The first-order valence-electron chi connectivity index (χ1n) is 18.7. The number of hydrogen-bond donors (Lipinski definition) is 0. The second-order valence-corrected chi connectivity index (χ2v) is 15.0. The summed E-state index contributed by atoms with van der Waals surface area (Å²) in [6, 6.07) is 65.5. The lowest BCUT2D eigenvalue weighted by molar-refractivity contribution is 0.670. The van der Waals surface area contributed by atoms with Crippen molar-refractivity contribution in [2.75, 3.05) is 0 Å². The molecule has 8 aromatic carbocycles. The molecule has 11 aromatic rings. The number of aromatic nitrogens is 3. The van der Waals surface area contributed by atoms with Crippen molar-refractivity contribution in [1.29, 1.82) is 0 Å². The van der Waals surface area contributed by atoms with E-state index in [4.69, 9.17) is 19.4 Å². The summed E-state index contributed by atoms with van der Waals surface area (Å²) in [7, 11) is 0. The van der Waals surface area contributed by atoms with Crippen LogP contribution in [-0.4, -0.2) is 15.0 Å². The first-order chi connectivity index (χ1) is 27.7. The van der Waals surface area contributed by atoms with Gasteiger partial charge >= 0.3 is 0 Å². The highest BCUT2D eigenvalue weighted by Crippen LogP contribution is 2.46. The molecule has 0 aliphatic rings. The van der Waals surface area contributed by atoms with Gasteiger partial charge in [0.05, 0.1) is 0 Å². The zero-order chi connectivity index (χ0) is 37.0. The Hall–Kier alpha value is -7.21. The van der Waals surface area contributed by atoms with Crippen molar-refractivity contribution in [1.82, 2.24) is 15.0 Å². The molecule has 0 aliphatic carbocycles. The Morgan fingerprint density at radius 3 is 1.66 bits per heavy atom. The van der Waals surface area contributed by atoms with Crippen LogP contribution in [0.4, 0.5) is 0 Å². The smallest absolute Gasteiger partial charge is 0.164 e. The number of furan rings is 1. The summed E-state index contributed by atoms with van der Waals surface area (Å²) in [5.74, 6) is 1.88. The van der Waals surface area contributed by atoms with E-state index < -0.39 is 0 Å². The van der Waals surface area contributed by atoms with Crippen LogP contribution in [0.2, 0.25) is 0 Å². The van der Waals surface area contributed by atoms with E-state index >= 15 is 0 Å². The molecule has 0 saturated carbocycles. The Morgan fingerprint density at radius 1 is 0.339 bits per heavy atom. The van der Waals surface area contributed by atoms with Crippen molar-refractivity contribution in [3.05, 3.63) is 188 Å². The molecule has 0 atom stereocenters. The molecule has 5 heteroatoms. The largest absolute Gasteiger partial charge is 0.455 e. The number of thiophene rings is 1. The molecule has 262 valence electrons. The fraction of sp³-hybridized carbons (Fsp3) is 0. The molecule has 0 N–H and O–H groups in total. The summed E-state index contributed by atoms with van der Waals surface area (Å²) < 4.78 is 9.31.